The highest BCUT2D eigenvalue weighted by atomic mass is 32.1. The average molecular weight is 762 g/mol. The first-order chi connectivity index (χ1) is 28.6. The summed E-state index contributed by atoms with van der Waals surface area (Å²) in [5.41, 5.74) is 12.9. The highest BCUT2D eigenvalue weighted by Crippen LogP contribution is 2.49. The summed E-state index contributed by atoms with van der Waals surface area (Å²) in [4.78, 5) is 16.2. The predicted molar refractivity (Wildman–Crippen MR) is 246 cm³/mol. The van der Waals surface area contributed by atoms with Gasteiger partial charge in [0.2, 0.25) is 0 Å². The second-order valence-electron chi connectivity index (χ2n) is 14.0. The van der Waals surface area contributed by atoms with E-state index in [4.69, 9.17) is 15.0 Å². The summed E-state index contributed by atoms with van der Waals surface area (Å²) in [6.45, 7) is 6.69. The number of aromatic nitrogens is 3. The summed E-state index contributed by atoms with van der Waals surface area (Å²) in [7, 11) is 0. The van der Waals surface area contributed by atoms with E-state index < -0.39 is 0 Å². The number of rotatable bonds is 10. The van der Waals surface area contributed by atoms with Crippen LogP contribution < -0.4 is 0 Å². The molecule has 0 fully saturated rings. The van der Waals surface area contributed by atoms with Crippen LogP contribution in [0.1, 0.15) is 12.5 Å². The summed E-state index contributed by atoms with van der Waals surface area (Å²) < 4.78 is 1.20. The summed E-state index contributed by atoms with van der Waals surface area (Å²) >= 11 is 1.70. The standard InChI is InChI=1S/C54H39N3S/c1-3-4-9-20-37(2)45-36-46(38-21-10-5-11-22-38)50(39-23-12-6-13-24-39)51(40-25-14-7-15-26-40)49(45)41-31-33-43(34-32-41)53-55-52(42-27-16-8-17-28-42)56-54(57-53)48-35-44-29-18-19-30-47(44)58-48/h3-36H,2H2,1H3/b4-3-,20-9-. The fourth-order valence-corrected chi connectivity index (χ4v) is 8.46. The third-order valence-electron chi connectivity index (χ3n) is 10.2. The highest BCUT2D eigenvalue weighted by Gasteiger charge is 2.24. The Morgan fingerprint density at radius 1 is 0.466 bits per heavy atom. The van der Waals surface area contributed by atoms with Gasteiger partial charge in [0.1, 0.15) is 0 Å². The number of hydrogen-bond donors (Lipinski definition) is 0. The molecule has 9 rings (SSSR count). The second kappa shape index (κ2) is 16.4. The molecule has 0 atom stereocenters. The molecule has 276 valence electrons. The minimum absolute atomic E-state index is 0.625. The van der Waals surface area contributed by atoms with Gasteiger partial charge in [-0.25, -0.2) is 15.0 Å². The molecular weight excluding hydrogens is 723 g/mol. The van der Waals surface area contributed by atoms with Crippen LogP contribution in [0.15, 0.2) is 213 Å². The van der Waals surface area contributed by atoms with Crippen LogP contribution in [-0.2, 0) is 0 Å². The van der Waals surface area contributed by atoms with Gasteiger partial charge in [-0.3, -0.25) is 0 Å². The van der Waals surface area contributed by atoms with Crippen molar-refractivity contribution in [3.05, 3.63) is 218 Å². The number of allylic oxidation sites excluding steroid dienone is 5. The van der Waals surface area contributed by atoms with E-state index in [1.54, 1.807) is 11.3 Å². The van der Waals surface area contributed by atoms with Crippen LogP contribution >= 0.6 is 11.3 Å². The maximum absolute atomic E-state index is 5.11. The van der Waals surface area contributed by atoms with Crippen LogP contribution in [0.2, 0.25) is 0 Å². The Labute approximate surface area is 343 Å². The number of hydrogen-bond acceptors (Lipinski definition) is 4. The van der Waals surface area contributed by atoms with Crippen molar-refractivity contribution < 1.29 is 0 Å². The topological polar surface area (TPSA) is 38.7 Å². The number of benzene rings is 7. The Balaban J connectivity index is 1.27. The van der Waals surface area contributed by atoms with Gasteiger partial charge in [0, 0.05) is 15.8 Å². The van der Waals surface area contributed by atoms with Crippen LogP contribution in [0.25, 0.3) is 93.6 Å². The van der Waals surface area contributed by atoms with Crippen LogP contribution in [0.3, 0.4) is 0 Å². The van der Waals surface area contributed by atoms with Crippen molar-refractivity contribution in [1.82, 2.24) is 15.0 Å². The molecule has 0 aliphatic carbocycles. The zero-order chi connectivity index (χ0) is 39.3. The van der Waals surface area contributed by atoms with Crippen molar-refractivity contribution in [2.45, 2.75) is 6.92 Å². The van der Waals surface area contributed by atoms with Gasteiger partial charge in [-0.1, -0.05) is 195 Å². The number of thiophene rings is 1. The lowest BCUT2D eigenvalue weighted by molar-refractivity contribution is 1.08. The molecule has 0 radical (unpaired) electrons. The van der Waals surface area contributed by atoms with Crippen LogP contribution in [-0.4, -0.2) is 15.0 Å². The molecule has 0 unspecified atom stereocenters. The Hall–Kier alpha value is -7.27. The Morgan fingerprint density at radius 2 is 0.948 bits per heavy atom. The van der Waals surface area contributed by atoms with Gasteiger partial charge < -0.3 is 0 Å². The Kier molecular flexibility index (Phi) is 10.3. The van der Waals surface area contributed by atoms with E-state index in [1.165, 1.54) is 15.6 Å². The molecule has 0 aliphatic heterocycles. The van der Waals surface area contributed by atoms with Gasteiger partial charge in [-0.15, -0.1) is 11.3 Å². The lowest BCUT2D eigenvalue weighted by atomic mass is 9.79. The summed E-state index contributed by atoms with van der Waals surface area (Å²) in [5.74, 6) is 1.93. The van der Waals surface area contributed by atoms with Gasteiger partial charge in [0.05, 0.1) is 4.88 Å². The molecule has 9 aromatic rings. The maximum Gasteiger partial charge on any atom is 0.174 e. The van der Waals surface area contributed by atoms with Crippen LogP contribution in [0.4, 0.5) is 0 Å². The first-order valence-electron chi connectivity index (χ1n) is 19.4. The smallest absolute Gasteiger partial charge is 0.174 e. The van der Waals surface area contributed by atoms with Gasteiger partial charge in [-0.2, -0.15) is 0 Å². The quantitative estimate of drug-likeness (QED) is 0.130. The first-order valence-corrected chi connectivity index (χ1v) is 20.2. The lowest BCUT2D eigenvalue weighted by Crippen LogP contribution is -2.00. The molecule has 0 saturated heterocycles. The van der Waals surface area contributed by atoms with E-state index in [0.29, 0.717) is 17.5 Å². The number of nitrogens with zero attached hydrogens (tertiary/aromatic N) is 3. The van der Waals surface area contributed by atoms with Gasteiger partial charge in [-0.05, 0) is 86.2 Å². The zero-order valence-electron chi connectivity index (χ0n) is 32.1. The van der Waals surface area contributed by atoms with Crippen LogP contribution in [0.5, 0.6) is 0 Å². The summed E-state index contributed by atoms with van der Waals surface area (Å²) in [6.07, 6.45) is 8.23. The molecule has 4 heteroatoms. The zero-order valence-corrected chi connectivity index (χ0v) is 32.9. The van der Waals surface area contributed by atoms with Gasteiger partial charge in [0.15, 0.2) is 17.5 Å². The minimum atomic E-state index is 0.625. The molecule has 0 bridgehead atoms. The molecule has 0 amide bonds. The normalized spacial score (nSPS) is 11.5. The molecule has 3 nitrogen and oxygen atoms in total. The first kappa shape index (κ1) is 36.4. The van der Waals surface area contributed by atoms with Crippen molar-refractivity contribution in [3.8, 4) is 78.0 Å². The van der Waals surface area contributed by atoms with Crippen molar-refractivity contribution in [2.24, 2.45) is 0 Å². The largest absolute Gasteiger partial charge is 0.208 e. The molecule has 0 saturated carbocycles. The molecule has 0 spiro atoms. The van der Waals surface area contributed by atoms with Crippen molar-refractivity contribution in [2.75, 3.05) is 0 Å². The summed E-state index contributed by atoms with van der Waals surface area (Å²) in [5, 5.41) is 1.18. The second-order valence-corrected chi connectivity index (χ2v) is 15.1. The third kappa shape index (κ3) is 7.37. The summed E-state index contributed by atoms with van der Waals surface area (Å²) in [6, 6.07) is 63.8. The molecular formula is C54H39N3S. The Bertz CT molecular complexity index is 2900. The Morgan fingerprint density at radius 3 is 1.55 bits per heavy atom. The highest BCUT2D eigenvalue weighted by molar-refractivity contribution is 7.22. The van der Waals surface area contributed by atoms with E-state index in [9.17, 15) is 0 Å². The lowest BCUT2D eigenvalue weighted by Gasteiger charge is -2.24. The molecule has 2 heterocycles. The van der Waals surface area contributed by atoms with Gasteiger partial charge in [0.25, 0.3) is 0 Å². The molecule has 58 heavy (non-hydrogen) atoms. The van der Waals surface area contributed by atoms with Crippen molar-refractivity contribution in [1.29, 1.82) is 0 Å². The van der Waals surface area contributed by atoms with E-state index in [1.807, 2.05) is 49.4 Å². The van der Waals surface area contributed by atoms with Gasteiger partial charge >= 0.3 is 0 Å². The van der Waals surface area contributed by atoms with Crippen molar-refractivity contribution in [3.63, 3.8) is 0 Å². The molecule has 2 aromatic heterocycles. The van der Waals surface area contributed by atoms with E-state index >= 15 is 0 Å². The van der Waals surface area contributed by atoms with E-state index in [0.717, 1.165) is 66.1 Å². The van der Waals surface area contributed by atoms with Crippen molar-refractivity contribution >= 4 is 27.0 Å². The molecule has 0 N–H and O–H groups in total. The maximum atomic E-state index is 5.11. The average Bonchev–Trinajstić information content (AvgIpc) is 3.74. The molecule has 7 aromatic carbocycles. The number of fused-ring (bicyclic) bond motifs is 1. The minimum Gasteiger partial charge on any atom is -0.208 e. The van der Waals surface area contributed by atoms with E-state index in [2.05, 4.69) is 170 Å². The fraction of sp³-hybridized carbons (Fsp3) is 0.0185. The van der Waals surface area contributed by atoms with Crippen LogP contribution in [0, 0.1) is 0 Å². The fourth-order valence-electron chi connectivity index (χ4n) is 7.46. The third-order valence-corrected chi connectivity index (χ3v) is 11.3. The van der Waals surface area contributed by atoms with E-state index in [-0.39, 0.29) is 0 Å². The predicted octanol–water partition coefficient (Wildman–Crippen LogP) is 14.9. The SMILES string of the molecule is C=C(/C=C\C=C/C)c1cc(-c2ccccc2)c(-c2ccccc2)c(-c2ccccc2)c1-c1ccc(-c2nc(-c3ccccc3)nc(-c3cc4ccccc4s3)n2)cc1. The monoisotopic (exact) mass is 761 g/mol. The molecule has 0 aliphatic rings.